The maximum Gasteiger partial charge on any atom is 0.163 e. The second-order valence-corrected chi connectivity index (χ2v) is 4.48. The Hall–Kier alpha value is -1.64. The Morgan fingerprint density at radius 2 is 1.94 bits per heavy atom. The fourth-order valence-corrected chi connectivity index (χ4v) is 1.84. The van der Waals surface area contributed by atoms with Crippen molar-refractivity contribution in [2.75, 3.05) is 0 Å². The van der Waals surface area contributed by atoms with Crippen LogP contribution in [-0.4, -0.2) is 15.1 Å². The Labute approximate surface area is 111 Å². The van der Waals surface area contributed by atoms with Gasteiger partial charge in [-0.3, -0.25) is 0 Å². The summed E-state index contributed by atoms with van der Waals surface area (Å²) < 4.78 is 0.421. The van der Waals surface area contributed by atoms with Gasteiger partial charge in [0.05, 0.1) is 26.7 Å². The predicted octanol–water partition coefficient (Wildman–Crippen LogP) is 3.14. The largest absolute Gasteiger partial charge is 0.506 e. The Kier molecular flexibility index (Phi) is 3.27. The maximum atomic E-state index is 9.87. The van der Waals surface area contributed by atoms with Crippen LogP contribution in [0, 0.1) is 11.3 Å². The van der Waals surface area contributed by atoms with E-state index in [1.165, 1.54) is 24.5 Å². The molecule has 0 fully saturated rings. The van der Waals surface area contributed by atoms with E-state index in [0.29, 0.717) is 26.4 Å². The van der Waals surface area contributed by atoms with Crippen molar-refractivity contribution in [3.63, 3.8) is 0 Å². The molecule has 0 radical (unpaired) electrons. The van der Waals surface area contributed by atoms with Crippen molar-refractivity contribution < 1.29 is 5.11 Å². The van der Waals surface area contributed by atoms with Gasteiger partial charge in [-0.1, -0.05) is 11.6 Å². The first kappa shape index (κ1) is 11.8. The van der Waals surface area contributed by atoms with Crippen LogP contribution in [0.15, 0.2) is 29.0 Å². The highest BCUT2D eigenvalue weighted by Crippen LogP contribution is 2.34. The zero-order valence-corrected chi connectivity index (χ0v) is 10.7. The molecule has 0 amide bonds. The third kappa shape index (κ3) is 2.38. The van der Waals surface area contributed by atoms with Crippen molar-refractivity contribution in [2.24, 2.45) is 0 Å². The molecule has 2 aromatic rings. The van der Waals surface area contributed by atoms with Gasteiger partial charge in [-0.25, -0.2) is 9.97 Å². The second-order valence-electron chi connectivity index (χ2n) is 3.19. The zero-order chi connectivity index (χ0) is 12.4. The van der Waals surface area contributed by atoms with Crippen molar-refractivity contribution in [1.82, 2.24) is 9.97 Å². The van der Waals surface area contributed by atoms with Gasteiger partial charge in [-0.15, -0.1) is 0 Å². The molecule has 0 atom stereocenters. The summed E-state index contributed by atoms with van der Waals surface area (Å²) in [6.45, 7) is 0. The van der Waals surface area contributed by atoms with Crippen LogP contribution < -0.4 is 0 Å². The Morgan fingerprint density at radius 1 is 1.29 bits per heavy atom. The molecule has 0 bridgehead atoms. The molecule has 0 aliphatic rings. The smallest absolute Gasteiger partial charge is 0.163 e. The minimum absolute atomic E-state index is 0.00803. The highest BCUT2D eigenvalue weighted by atomic mass is 79.9. The van der Waals surface area contributed by atoms with Crippen molar-refractivity contribution in [3.05, 3.63) is 39.6 Å². The van der Waals surface area contributed by atoms with Gasteiger partial charge in [0, 0.05) is 12.4 Å². The summed E-state index contributed by atoms with van der Waals surface area (Å²) >= 11 is 8.85. The van der Waals surface area contributed by atoms with Gasteiger partial charge in [0.1, 0.15) is 5.75 Å². The number of nitriles is 1. The van der Waals surface area contributed by atoms with Crippen LogP contribution in [0.25, 0.3) is 11.4 Å². The first-order valence-electron chi connectivity index (χ1n) is 4.52. The highest BCUT2D eigenvalue weighted by molar-refractivity contribution is 9.10. The lowest BCUT2D eigenvalue weighted by Crippen LogP contribution is -1.90. The Bertz CT molecular complexity index is 607. The number of aromatic nitrogens is 2. The summed E-state index contributed by atoms with van der Waals surface area (Å²) in [7, 11) is 0. The van der Waals surface area contributed by atoms with E-state index < -0.39 is 0 Å². The highest BCUT2D eigenvalue weighted by Gasteiger charge is 2.12. The first-order chi connectivity index (χ1) is 8.11. The van der Waals surface area contributed by atoms with E-state index in [9.17, 15) is 5.11 Å². The molecule has 0 unspecified atom stereocenters. The number of nitrogens with zero attached hydrogens (tertiary/aromatic N) is 3. The molecule has 0 aliphatic carbocycles. The molecule has 84 valence electrons. The van der Waals surface area contributed by atoms with Crippen LogP contribution in [0.5, 0.6) is 5.75 Å². The summed E-state index contributed by atoms with van der Waals surface area (Å²) in [6.07, 6.45) is 2.85. The SMILES string of the molecule is N#Cc1cc(Br)c(O)c(-c2ncc(Cl)cn2)c1. The van der Waals surface area contributed by atoms with Crippen LogP contribution in [0.1, 0.15) is 5.56 Å². The predicted molar refractivity (Wildman–Crippen MR) is 66.6 cm³/mol. The van der Waals surface area contributed by atoms with E-state index in [2.05, 4.69) is 25.9 Å². The van der Waals surface area contributed by atoms with Gasteiger partial charge in [0.25, 0.3) is 0 Å². The quantitative estimate of drug-likeness (QED) is 0.878. The standard InChI is InChI=1S/C11H5BrClN3O/c12-9-2-6(3-14)1-8(10(9)17)11-15-4-7(13)5-16-11/h1-2,4-5,17H. The molecule has 1 aromatic heterocycles. The van der Waals surface area contributed by atoms with Crippen LogP contribution >= 0.6 is 27.5 Å². The molecular weight excluding hydrogens is 305 g/mol. The van der Waals surface area contributed by atoms with E-state index >= 15 is 0 Å². The molecular formula is C11H5BrClN3O. The molecule has 4 nitrogen and oxygen atoms in total. The topological polar surface area (TPSA) is 69.8 Å². The molecule has 0 saturated carbocycles. The van der Waals surface area contributed by atoms with Crippen LogP contribution in [0.4, 0.5) is 0 Å². The van der Waals surface area contributed by atoms with Crippen LogP contribution in [0.2, 0.25) is 5.02 Å². The fraction of sp³-hybridized carbons (Fsp3) is 0. The zero-order valence-electron chi connectivity index (χ0n) is 8.35. The molecule has 0 aliphatic heterocycles. The maximum absolute atomic E-state index is 9.87. The minimum atomic E-state index is -0.00803. The molecule has 1 aromatic carbocycles. The molecule has 2 rings (SSSR count). The Balaban J connectivity index is 2.63. The molecule has 6 heteroatoms. The van der Waals surface area contributed by atoms with E-state index in [1.807, 2.05) is 6.07 Å². The summed E-state index contributed by atoms with van der Waals surface area (Å²) in [4.78, 5) is 7.99. The normalized spacial score (nSPS) is 9.94. The minimum Gasteiger partial charge on any atom is -0.506 e. The number of benzene rings is 1. The van der Waals surface area contributed by atoms with Crippen LogP contribution in [-0.2, 0) is 0 Å². The Morgan fingerprint density at radius 3 is 2.53 bits per heavy atom. The molecule has 0 saturated heterocycles. The van der Waals surface area contributed by atoms with E-state index in [1.54, 1.807) is 0 Å². The van der Waals surface area contributed by atoms with Crippen molar-refractivity contribution in [2.45, 2.75) is 0 Å². The molecule has 17 heavy (non-hydrogen) atoms. The van der Waals surface area contributed by atoms with Crippen molar-refractivity contribution in [1.29, 1.82) is 5.26 Å². The fourth-order valence-electron chi connectivity index (χ4n) is 1.29. The average Bonchev–Trinajstić information content (AvgIpc) is 2.34. The number of phenols is 1. The lowest BCUT2D eigenvalue weighted by Gasteiger charge is -2.05. The monoisotopic (exact) mass is 309 g/mol. The van der Waals surface area contributed by atoms with Crippen molar-refractivity contribution >= 4 is 27.5 Å². The molecule has 1 N–H and O–H groups in total. The van der Waals surface area contributed by atoms with E-state index in [4.69, 9.17) is 16.9 Å². The van der Waals surface area contributed by atoms with Gasteiger partial charge in [-0.2, -0.15) is 5.26 Å². The van der Waals surface area contributed by atoms with E-state index in [0.717, 1.165) is 0 Å². The summed E-state index contributed by atoms with van der Waals surface area (Å²) in [5.41, 5.74) is 0.788. The number of aromatic hydroxyl groups is 1. The lowest BCUT2D eigenvalue weighted by atomic mass is 10.1. The van der Waals surface area contributed by atoms with Gasteiger partial charge < -0.3 is 5.11 Å². The van der Waals surface area contributed by atoms with Gasteiger partial charge in [0.2, 0.25) is 0 Å². The van der Waals surface area contributed by atoms with Gasteiger partial charge >= 0.3 is 0 Å². The first-order valence-corrected chi connectivity index (χ1v) is 5.69. The summed E-state index contributed by atoms with van der Waals surface area (Å²) in [6, 6.07) is 5.03. The van der Waals surface area contributed by atoms with Crippen LogP contribution in [0.3, 0.4) is 0 Å². The third-order valence-electron chi connectivity index (χ3n) is 2.05. The molecule has 0 spiro atoms. The van der Waals surface area contributed by atoms with E-state index in [-0.39, 0.29) is 5.75 Å². The molecule has 1 heterocycles. The van der Waals surface area contributed by atoms with Gasteiger partial charge in [-0.05, 0) is 28.1 Å². The number of hydrogen-bond acceptors (Lipinski definition) is 4. The van der Waals surface area contributed by atoms with Crippen molar-refractivity contribution in [3.8, 4) is 23.2 Å². The van der Waals surface area contributed by atoms with Gasteiger partial charge in [0.15, 0.2) is 5.82 Å². The number of hydrogen-bond donors (Lipinski definition) is 1. The summed E-state index contributed by atoms with van der Waals surface area (Å²) in [5, 5.41) is 19.1. The number of halogens is 2. The number of phenolic OH excluding ortho intramolecular Hbond substituents is 1. The number of rotatable bonds is 1. The third-order valence-corrected chi connectivity index (χ3v) is 2.85. The summed E-state index contributed by atoms with van der Waals surface area (Å²) in [5.74, 6) is 0.302. The average molecular weight is 311 g/mol. The second kappa shape index (κ2) is 4.70. The lowest BCUT2D eigenvalue weighted by molar-refractivity contribution is 0.473.